The van der Waals surface area contributed by atoms with Crippen molar-refractivity contribution in [1.82, 2.24) is 0 Å². The summed E-state index contributed by atoms with van der Waals surface area (Å²) in [4.78, 5) is 14.1. The van der Waals surface area contributed by atoms with E-state index in [0.717, 1.165) is 30.2 Å². The Morgan fingerprint density at radius 3 is 2.83 bits per heavy atom. The first kappa shape index (κ1) is 16.2. The molecule has 0 aromatic heterocycles. The highest BCUT2D eigenvalue weighted by molar-refractivity contribution is 6.03. The van der Waals surface area contributed by atoms with Crippen molar-refractivity contribution in [3.05, 3.63) is 53.6 Å². The number of rotatable bonds is 2. The molecular formula is C18H18F2N2O2. The molecule has 2 amide bonds. The second-order valence-corrected chi connectivity index (χ2v) is 5.78. The van der Waals surface area contributed by atoms with Crippen LogP contribution in [-0.4, -0.2) is 18.7 Å². The molecule has 1 atom stereocenters. The standard InChI is InChI=1S/C18H18F2N2O2/c1-3-13-10-22(16-8-11(2)4-7-17(16)24-13)18(23)21-15-9-12(19)5-6-14(15)20/h4-9,13H,3,10H2,1-2H3,(H,21,23)/t13-/m1/s1. The van der Waals surface area contributed by atoms with E-state index in [0.29, 0.717) is 18.0 Å². The summed E-state index contributed by atoms with van der Waals surface area (Å²) >= 11 is 0. The monoisotopic (exact) mass is 332 g/mol. The van der Waals surface area contributed by atoms with Crippen LogP contribution in [0.5, 0.6) is 5.75 Å². The summed E-state index contributed by atoms with van der Waals surface area (Å²) in [5.74, 6) is -0.695. The maximum absolute atomic E-state index is 13.8. The highest BCUT2D eigenvalue weighted by Crippen LogP contribution is 2.35. The van der Waals surface area contributed by atoms with E-state index in [-0.39, 0.29) is 11.8 Å². The number of aryl methyl sites for hydroxylation is 1. The van der Waals surface area contributed by atoms with Gasteiger partial charge in [0.2, 0.25) is 0 Å². The van der Waals surface area contributed by atoms with E-state index >= 15 is 0 Å². The Kier molecular flexibility index (Phi) is 4.38. The van der Waals surface area contributed by atoms with Gasteiger partial charge in [-0.15, -0.1) is 0 Å². The highest BCUT2D eigenvalue weighted by Gasteiger charge is 2.29. The highest BCUT2D eigenvalue weighted by atomic mass is 19.1. The van der Waals surface area contributed by atoms with Gasteiger partial charge >= 0.3 is 6.03 Å². The molecule has 1 heterocycles. The summed E-state index contributed by atoms with van der Waals surface area (Å²) < 4.78 is 32.9. The first-order chi connectivity index (χ1) is 11.5. The van der Waals surface area contributed by atoms with Crippen molar-refractivity contribution < 1.29 is 18.3 Å². The molecule has 1 N–H and O–H groups in total. The summed E-state index contributed by atoms with van der Waals surface area (Å²) in [6.45, 7) is 4.22. The Bertz CT molecular complexity index is 780. The Morgan fingerprint density at radius 2 is 2.08 bits per heavy atom. The van der Waals surface area contributed by atoms with Crippen molar-refractivity contribution in [2.45, 2.75) is 26.4 Å². The molecule has 0 saturated carbocycles. The predicted molar refractivity (Wildman–Crippen MR) is 88.6 cm³/mol. The van der Waals surface area contributed by atoms with Crippen LogP contribution in [0, 0.1) is 18.6 Å². The Hall–Kier alpha value is -2.63. The quantitative estimate of drug-likeness (QED) is 0.881. The molecule has 1 aliphatic rings. The van der Waals surface area contributed by atoms with E-state index in [1.54, 1.807) is 0 Å². The van der Waals surface area contributed by atoms with Gasteiger partial charge in [-0.25, -0.2) is 13.6 Å². The molecular weight excluding hydrogens is 314 g/mol. The van der Waals surface area contributed by atoms with Gasteiger partial charge in [0.05, 0.1) is 17.9 Å². The molecule has 0 aliphatic carbocycles. The van der Waals surface area contributed by atoms with E-state index in [1.807, 2.05) is 32.0 Å². The van der Waals surface area contributed by atoms with E-state index < -0.39 is 17.7 Å². The Morgan fingerprint density at radius 1 is 1.29 bits per heavy atom. The summed E-state index contributed by atoms with van der Waals surface area (Å²) in [5.41, 5.74) is 1.41. The number of carbonyl (C=O) groups is 1. The number of benzene rings is 2. The van der Waals surface area contributed by atoms with E-state index in [2.05, 4.69) is 5.32 Å². The van der Waals surface area contributed by atoms with Crippen molar-refractivity contribution in [3.8, 4) is 5.75 Å². The average Bonchev–Trinajstić information content (AvgIpc) is 2.57. The minimum atomic E-state index is -0.686. The van der Waals surface area contributed by atoms with Crippen molar-refractivity contribution in [3.63, 3.8) is 0 Å². The van der Waals surface area contributed by atoms with Gasteiger partial charge in [0.1, 0.15) is 23.5 Å². The molecule has 2 aromatic rings. The van der Waals surface area contributed by atoms with E-state index in [1.165, 1.54) is 4.90 Å². The van der Waals surface area contributed by atoms with Gasteiger partial charge < -0.3 is 10.1 Å². The largest absolute Gasteiger partial charge is 0.486 e. The van der Waals surface area contributed by atoms with Gasteiger partial charge in [-0.3, -0.25) is 4.90 Å². The van der Waals surface area contributed by atoms with Gasteiger partial charge in [-0.2, -0.15) is 0 Å². The Labute approximate surface area is 139 Å². The van der Waals surface area contributed by atoms with Crippen molar-refractivity contribution in [2.24, 2.45) is 0 Å². The van der Waals surface area contributed by atoms with Crippen molar-refractivity contribution >= 4 is 17.4 Å². The lowest BCUT2D eigenvalue weighted by atomic mass is 10.1. The maximum Gasteiger partial charge on any atom is 0.326 e. The fraction of sp³-hybridized carbons (Fsp3) is 0.278. The molecule has 0 saturated heterocycles. The minimum Gasteiger partial charge on any atom is -0.486 e. The van der Waals surface area contributed by atoms with Gasteiger partial charge in [-0.1, -0.05) is 13.0 Å². The summed E-state index contributed by atoms with van der Waals surface area (Å²) in [7, 11) is 0. The number of carbonyl (C=O) groups excluding carboxylic acids is 1. The number of halogens is 2. The predicted octanol–water partition coefficient (Wildman–Crippen LogP) is 4.48. The third-order valence-corrected chi connectivity index (χ3v) is 3.96. The van der Waals surface area contributed by atoms with Gasteiger partial charge in [0.15, 0.2) is 0 Å². The zero-order valence-electron chi connectivity index (χ0n) is 13.5. The Balaban J connectivity index is 1.91. The van der Waals surface area contributed by atoms with Crippen LogP contribution in [-0.2, 0) is 0 Å². The second kappa shape index (κ2) is 6.47. The minimum absolute atomic E-state index is 0.150. The molecule has 24 heavy (non-hydrogen) atoms. The van der Waals surface area contributed by atoms with Crippen LogP contribution in [0.3, 0.4) is 0 Å². The molecule has 126 valence electrons. The summed E-state index contributed by atoms with van der Waals surface area (Å²) in [6.07, 6.45) is 0.578. The molecule has 0 bridgehead atoms. The molecule has 0 spiro atoms. The number of nitrogens with zero attached hydrogens (tertiary/aromatic N) is 1. The average molecular weight is 332 g/mol. The van der Waals surface area contributed by atoms with Crippen LogP contribution < -0.4 is 15.0 Å². The smallest absolute Gasteiger partial charge is 0.326 e. The van der Waals surface area contributed by atoms with E-state index in [4.69, 9.17) is 4.74 Å². The van der Waals surface area contributed by atoms with Crippen LogP contribution >= 0.6 is 0 Å². The van der Waals surface area contributed by atoms with E-state index in [9.17, 15) is 13.6 Å². The number of anilines is 2. The number of amides is 2. The topological polar surface area (TPSA) is 41.6 Å². The number of hydrogen-bond acceptors (Lipinski definition) is 2. The summed E-state index contributed by atoms with van der Waals surface area (Å²) in [6, 6.07) is 7.98. The molecule has 2 aromatic carbocycles. The zero-order chi connectivity index (χ0) is 17.3. The number of urea groups is 1. The van der Waals surface area contributed by atoms with Crippen LogP contribution in [0.2, 0.25) is 0 Å². The first-order valence-corrected chi connectivity index (χ1v) is 7.79. The third kappa shape index (κ3) is 3.18. The molecule has 6 heteroatoms. The lowest BCUT2D eigenvalue weighted by Gasteiger charge is -2.34. The molecule has 0 radical (unpaired) electrons. The normalized spacial score (nSPS) is 16.3. The third-order valence-electron chi connectivity index (χ3n) is 3.96. The van der Waals surface area contributed by atoms with Crippen LogP contribution in [0.4, 0.5) is 25.0 Å². The van der Waals surface area contributed by atoms with Gasteiger partial charge in [0.25, 0.3) is 0 Å². The number of nitrogens with one attached hydrogen (secondary N) is 1. The lowest BCUT2D eigenvalue weighted by molar-refractivity contribution is 0.188. The molecule has 4 nitrogen and oxygen atoms in total. The number of ether oxygens (including phenoxy) is 1. The molecule has 3 rings (SSSR count). The number of hydrogen-bond donors (Lipinski definition) is 1. The van der Waals surface area contributed by atoms with Gasteiger partial charge in [0, 0.05) is 6.07 Å². The lowest BCUT2D eigenvalue weighted by Crippen LogP contribution is -2.45. The van der Waals surface area contributed by atoms with Crippen molar-refractivity contribution in [1.29, 1.82) is 0 Å². The summed E-state index contributed by atoms with van der Waals surface area (Å²) in [5, 5.41) is 2.44. The van der Waals surface area contributed by atoms with Crippen LogP contribution in [0.25, 0.3) is 0 Å². The SMILES string of the molecule is CC[C@@H]1CN(C(=O)Nc2cc(F)ccc2F)c2cc(C)ccc2O1. The molecule has 0 unspecified atom stereocenters. The maximum atomic E-state index is 13.8. The first-order valence-electron chi connectivity index (χ1n) is 7.79. The van der Waals surface area contributed by atoms with Crippen LogP contribution in [0.15, 0.2) is 36.4 Å². The number of fused-ring (bicyclic) bond motifs is 1. The fourth-order valence-electron chi connectivity index (χ4n) is 2.64. The second-order valence-electron chi connectivity index (χ2n) is 5.78. The molecule has 1 aliphatic heterocycles. The van der Waals surface area contributed by atoms with Gasteiger partial charge in [-0.05, 0) is 43.2 Å². The fourth-order valence-corrected chi connectivity index (χ4v) is 2.64. The van der Waals surface area contributed by atoms with Crippen molar-refractivity contribution in [2.75, 3.05) is 16.8 Å². The molecule has 0 fully saturated rings. The van der Waals surface area contributed by atoms with Crippen LogP contribution in [0.1, 0.15) is 18.9 Å². The zero-order valence-corrected chi connectivity index (χ0v) is 13.5.